The van der Waals surface area contributed by atoms with Crippen LogP contribution in [-0.4, -0.2) is 16.9 Å². The Morgan fingerprint density at radius 3 is 2.48 bits per heavy atom. The van der Waals surface area contributed by atoms with Gasteiger partial charge in [-0.2, -0.15) is 0 Å². The molecule has 0 bridgehead atoms. The molecule has 0 aliphatic rings. The molecule has 122 valence electrons. The van der Waals surface area contributed by atoms with E-state index in [1.54, 1.807) is 24.3 Å². The molecule has 3 N–H and O–H groups in total. The minimum absolute atomic E-state index is 0.0757. The van der Waals surface area contributed by atoms with Crippen molar-refractivity contribution in [3.63, 3.8) is 0 Å². The molecular weight excluding hydrogens is 312 g/mol. The second-order valence-corrected chi connectivity index (χ2v) is 6.11. The number of carbonyl (C=O) groups is 2. The molecule has 0 atom stereocenters. The second-order valence-electron chi connectivity index (χ2n) is 5.17. The van der Waals surface area contributed by atoms with Gasteiger partial charge in [0.05, 0.1) is 10.6 Å². The average molecular weight is 332 g/mol. The third-order valence-electron chi connectivity index (χ3n) is 3.61. The van der Waals surface area contributed by atoms with E-state index in [2.05, 4.69) is 10.6 Å². The van der Waals surface area contributed by atoms with Crippen molar-refractivity contribution >= 4 is 34.5 Å². The summed E-state index contributed by atoms with van der Waals surface area (Å²) in [6.07, 6.45) is 1.50. The van der Waals surface area contributed by atoms with Crippen LogP contribution < -0.4 is 10.6 Å². The largest absolute Gasteiger partial charge is 0.506 e. The summed E-state index contributed by atoms with van der Waals surface area (Å²) in [5, 5.41) is 17.3. The summed E-state index contributed by atoms with van der Waals surface area (Å²) in [6.45, 7) is 3.91. The summed E-state index contributed by atoms with van der Waals surface area (Å²) in [5.74, 6) is -0.491. The quantitative estimate of drug-likeness (QED) is 0.697. The molecule has 0 saturated carbocycles. The molecule has 6 heteroatoms. The van der Waals surface area contributed by atoms with Crippen LogP contribution in [0.25, 0.3) is 0 Å². The molecular formula is C17H20N2O3S. The number of amides is 2. The van der Waals surface area contributed by atoms with Crippen LogP contribution in [0.3, 0.4) is 0 Å². The number of thiophene rings is 1. The van der Waals surface area contributed by atoms with Gasteiger partial charge in [-0.15, -0.1) is 11.3 Å². The molecule has 2 amide bonds. The fourth-order valence-corrected chi connectivity index (χ4v) is 2.83. The van der Waals surface area contributed by atoms with Crippen molar-refractivity contribution < 1.29 is 14.7 Å². The summed E-state index contributed by atoms with van der Waals surface area (Å²) in [4.78, 5) is 24.6. The zero-order chi connectivity index (χ0) is 16.8. The fraction of sp³-hybridized carbons (Fsp3) is 0.294. The van der Waals surface area contributed by atoms with Gasteiger partial charge in [0.1, 0.15) is 5.75 Å². The Labute approximate surface area is 139 Å². The number of rotatable bonds is 6. The van der Waals surface area contributed by atoms with Crippen LogP contribution >= 0.6 is 11.3 Å². The first-order chi connectivity index (χ1) is 11.0. The highest BCUT2D eigenvalue weighted by Crippen LogP contribution is 2.28. The van der Waals surface area contributed by atoms with E-state index in [0.717, 1.165) is 12.8 Å². The summed E-state index contributed by atoms with van der Waals surface area (Å²) in [5.41, 5.74) is 0.817. The van der Waals surface area contributed by atoms with Gasteiger partial charge < -0.3 is 15.7 Å². The van der Waals surface area contributed by atoms with Gasteiger partial charge in [-0.25, -0.2) is 0 Å². The lowest BCUT2D eigenvalue weighted by atomic mass is 10.0. The molecule has 1 aromatic heterocycles. The maximum absolute atomic E-state index is 12.1. The van der Waals surface area contributed by atoms with Gasteiger partial charge in [-0.3, -0.25) is 9.59 Å². The van der Waals surface area contributed by atoms with E-state index in [1.807, 2.05) is 19.2 Å². The van der Waals surface area contributed by atoms with E-state index in [1.165, 1.54) is 17.4 Å². The van der Waals surface area contributed by atoms with Crippen molar-refractivity contribution in [1.82, 2.24) is 0 Å². The Kier molecular flexibility index (Phi) is 5.76. The Morgan fingerprint density at radius 1 is 1.17 bits per heavy atom. The van der Waals surface area contributed by atoms with Gasteiger partial charge in [0.2, 0.25) is 5.91 Å². The summed E-state index contributed by atoms with van der Waals surface area (Å²) in [7, 11) is 0. The van der Waals surface area contributed by atoms with E-state index < -0.39 is 0 Å². The smallest absolute Gasteiger partial charge is 0.265 e. The average Bonchev–Trinajstić information content (AvgIpc) is 3.05. The number of carbonyl (C=O) groups excluding carboxylic acids is 2. The van der Waals surface area contributed by atoms with Crippen LogP contribution in [0.15, 0.2) is 35.7 Å². The lowest BCUT2D eigenvalue weighted by Gasteiger charge is -2.14. The normalized spacial score (nSPS) is 10.6. The van der Waals surface area contributed by atoms with Crippen LogP contribution in [0.1, 0.15) is 36.4 Å². The fourth-order valence-electron chi connectivity index (χ4n) is 2.21. The topological polar surface area (TPSA) is 78.4 Å². The highest BCUT2D eigenvalue weighted by Gasteiger charge is 2.16. The number of hydrogen-bond acceptors (Lipinski definition) is 4. The molecule has 1 heterocycles. The molecule has 23 heavy (non-hydrogen) atoms. The van der Waals surface area contributed by atoms with E-state index in [9.17, 15) is 14.7 Å². The number of phenolic OH excluding ortho intramolecular Hbond substituents is 1. The van der Waals surface area contributed by atoms with E-state index in [4.69, 9.17) is 0 Å². The van der Waals surface area contributed by atoms with Gasteiger partial charge in [-0.05, 0) is 36.4 Å². The molecule has 0 saturated heterocycles. The summed E-state index contributed by atoms with van der Waals surface area (Å²) < 4.78 is 0. The predicted molar refractivity (Wildman–Crippen MR) is 93.1 cm³/mol. The van der Waals surface area contributed by atoms with E-state index in [0.29, 0.717) is 16.3 Å². The Hall–Kier alpha value is -2.34. The Bertz CT molecular complexity index is 679. The molecule has 0 radical (unpaired) electrons. The maximum Gasteiger partial charge on any atom is 0.265 e. The van der Waals surface area contributed by atoms with Crippen LogP contribution in [0.5, 0.6) is 5.75 Å². The van der Waals surface area contributed by atoms with Crippen LogP contribution in [0, 0.1) is 5.92 Å². The van der Waals surface area contributed by atoms with Crippen molar-refractivity contribution in [3.05, 3.63) is 40.6 Å². The Balaban J connectivity index is 2.06. The molecule has 2 rings (SSSR count). The van der Waals surface area contributed by atoms with Gasteiger partial charge in [0.25, 0.3) is 5.91 Å². The van der Waals surface area contributed by atoms with Gasteiger partial charge in [0.15, 0.2) is 0 Å². The zero-order valence-corrected chi connectivity index (χ0v) is 13.9. The monoisotopic (exact) mass is 332 g/mol. The summed E-state index contributed by atoms with van der Waals surface area (Å²) in [6, 6.07) is 8.18. The number of benzene rings is 1. The third-order valence-corrected chi connectivity index (χ3v) is 4.48. The van der Waals surface area contributed by atoms with Crippen molar-refractivity contribution in [2.75, 3.05) is 10.6 Å². The Morgan fingerprint density at radius 2 is 1.91 bits per heavy atom. The van der Waals surface area contributed by atoms with Crippen molar-refractivity contribution in [2.24, 2.45) is 5.92 Å². The number of hydrogen-bond donors (Lipinski definition) is 3. The van der Waals surface area contributed by atoms with Gasteiger partial charge >= 0.3 is 0 Å². The lowest BCUT2D eigenvalue weighted by molar-refractivity contribution is -0.120. The second kappa shape index (κ2) is 7.78. The molecule has 0 unspecified atom stereocenters. The lowest BCUT2D eigenvalue weighted by Crippen LogP contribution is -2.21. The van der Waals surface area contributed by atoms with Gasteiger partial charge in [-0.1, -0.05) is 19.9 Å². The number of aromatic hydroxyl groups is 1. The zero-order valence-electron chi connectivity index (χ0n) is 13.1. The molecule has 0 aliphatic carbocycles. The van der Waals surface area contributed by atoms with Crippen molar-refractivity contribution in [1.29, 1.82) is 0 Å². The predicted octanol–water partition coefficient (Wildman–Crippen LogP) is 4.08. The molecule has 2 aromatic rings. The van der Waals surface area contributed by atoms with Crippen molar-refractivity contribution in [3.8, 4) is 5.75 Å². The molecule has 5 nitrogen and oxygen atoms in total. The minimum atomic E-state index is -0.229. The minimum Gasteiger partial charge on any atom is -0.506 e. The molecule has 1 aromatic carbocycles. The summed E-state index contributed by atoms with van der Waals surface area (Å²) >= 11 is 1.34. The van der Waals surface area contributed by atoms with Crippen LogP contribution in [0.4, 0.5) is 11.4 Å². The third kappa shape index (κ3) is 4.32. The van der Waals surface area contributed by atoms with E-state index >= 15 is 0 Å². The number of phenols is 1. The standard InChI is InChI=1S/C17H20N2O3S/c1-3-11(4-2)16(21)19-13-8-7-12(10-14(13)20)18-17(22)15-6-5-9-23-15/h5-11,20H,3-4H2,1-2H3,(H,18,22)(H,19,21). The van der Waals surface area contributed by atoms with Gasteiger partial charge in [0, 0.05) is 17.7 Å². The van der Waals surface area contributed by atoms with E-state index in [-0.39, 0.29) is 23.5 Å². The molecule has 0 fully saturated rings. The first-order valence-corrected chi connectivity index (χ1v) is 8.41. The van der Waals surface area contributed by atoms with Crippen molar-refractivity contribution in [2.45, 2.75) is 26.7 Å². The number of nitrogens with one attached hydrogen (secondary N) is 2. The first-order valence-electron chi connectivity index (χ1n) is 7.53. The highest BCUT2D eigenvalue weighted by molar-refractivity contribution is 7.12. The molecule has 0 aliphatic heterocycles. The van der Waals surface area contributed by atoms with Crippen LogP contribution in [0.2, 0.25) is 0 Å². The molecule has 0 spiro atoms. The highest BCUT2D eigenvalue weighted by atomic mass is 32.1. The van der Waals surface area contributed by atoms with Crippen LogP contribution in [-0.2, 0) is 4.79 Å². The SMILES string of the molecule is CCC(CC)C(=O)Nc1ccc(NC(=O)c2cccs2)cc1O. The maximum atomic E-state index is 12.1. The first kappa shape index (κ1) is 17.0. The number of anilines is 2.